The van der Waals surface area contributed by atoms with Crippen LogP contribution in [0, 0.1) is 29.0 Å². The molecular weight excluding hydrogens is 251 g/mol. The maximum atomic E-state index is 13.7. The summed E-state index contributed by atoms with van der Waals surface area (Å²) in [6.45, 7) is 2.79. The zero-order valence-corrected chi connectivity index (χ0v) is 12.3. The fraction of sp³-hybridized carbons (Fsp3) is 0.588. The molecule has 0 saturated heterocycles. The molecule has 1 aliphatic rings. The predicted octanol–water partition coefficient (Wildman–Crippen LogP) is 3.98. The summed E-state index contributed by atoms with van der Waals surface area (Å²) in [5, 5.41) is 9.34. The number of halogens is 1. The molecule has 108 valence electrons. The van der Waals surface area contributed by atoms with Gasteiger partial charge >= 0.3 is 0 Å². The number of hydrogen-bond acceptors (Lipinski definition) is 2. The zero-order chi connectivity index (χ0) is 14.5. The Balaban J connectivity index is 2.08. The topological polar surface area (TPSA) is 27.0 Å². The lowest BCUT2D eigenvalue weighted by Gasteiger charge is -2.38. The van der Waals surface area contributed by atoms with Gasteiger partial charge in [-0.2, -0.15) is 5.26 Å². The van der Waals surface area contributed by atoms with Gasteiger partial charge in [0.25, 0.3) is 0 Å². The molecule has 0 amide bonds. The maximum absolute atomic E-state index is 13.7. The first-order valence-corrected chi connectivity index (χ1v) is 7.49. The lowest BCUT2D eigenvalue weighted by atomic mass is 9.77. The first kappa shape index (κ1) is 15.0. The van der Waals surface area contributed by atoms with Gasteiger partial charge in [0, 0.05) is 18.2 Å². The van der Waals surface area contributed by atoms with Crippen molar-refractivity contribution in [3.05, 3.63) is 35.6 Å². The van der Waals surface area contributed by atoms with Gasteiger partial charge in [-0.15, -0.1) is 0 Å². The second kappa shape index (κ2) is 6.85. The van der Waals surface area contributed by atoms with Crippen molar-refractivity contribution in [1.82, 2.24) is 4.90 Å². The maximum Gasteiger partial charge on any atom is 0.127 e. The molecule has 0 spiro atoms. The van der Waals surface area contributed by atoms with Crippen LogP contribution in [-0.2, 0) is 6.54 Å². The van der Waals surface area contributed by atoms with Crippen LogP contribution in [0.15, 0.2) is 24.3 Å². The molecule has 1 aromatic rings. The van der Waals surface area contributed by atoms with E-state index in [-0.39, 0.29) is 17.8 Å². The number of nitriles is 1. The molecule has 0 aromatic heterocycles. The van der Waals surface area contributed by atoms with Crippen molar-refractivity contribution in [2.45, 2.75) is 45.2 Å². The summed E-state index contributed by atoms with van der Waals surface area (Å²) in [6, 6.07) is 9.60. The lowest BCUT2D eigenvalue weighted by molar-refractivity contribution is 0.117. The Morgan fingerprint density at radius 3 is 2.75 bits per heavy atom. The van der Waals surface area contributed by atoms with E-state index < -0.39 is 0 Å². The molecule has 3 unspecified atom stereocenters. The molecule has 0 bridgehead atoms. The number of nitrogens with zero attached hydrogens (tertiary/aromatic N) is 2. The summed E-state index contributed by atoms with van der Waals surface area (Å²) in [4.78, 5) is 2.16. The smallest absolute Gasteiger partial charge is 0.127 e. The third-order valence-electron chi connectivity index (χ3n) is 4.61. The first-order valence-electron chi connectivity index (χ1n) is 7.49. The number of rotatable bonds is 4. The van der Waals surface area contributed by atoms with Crippen LogP contribution in [0.1, 0.15) is 38.2 Å². The van der Waals surface area contributed by atoms with Crippen molar-refractivity contribution in [1.29, 1.82) is 5.26 Å². The highest BCUT2D eigenvalue weighted by atomic mass is 19.1. The van der Waals surface area contributed by atoms with Crippen LogP contribution in [0.2, 0.25) is 0 Å². The van der Waals surface area contributed by atoms with Gasteiger partial charge in [0.15, 0.2) is 0 Å². The van der Waals surface area contributed by atoms with Gasteiger partial charge in [0.1, 0.15) is 5.82 Å². The van der Waals surface area contributed by atoms with E-state index in [1.165, 1.54) is 12.5 Å². The molecule has 0 aliphatic heterocycles. The zero-order valence-electron chi connectivity index (χ0n) is 12.3. The molecular formula is C17H23FN2. The Labute approximate surface area is 121 Å². The molecule has 2 rings (SSSR count). The van der Waals surface area contributed by atoms with Crippen LogP contribution >= 0.6 is 0 Å². The van der Waals surface area contributed by atoms with E-state index in [1.54, 1.807) is 6.07 Å². The van der Waals surface area contributed by atoms with Gasteiger partial charge in [-0.05, 0) is 38.3 Å². The highest BCUT2D eigenvalue weighted by Crippen LogP contribution is 2.33. The molecule has 1 saturated carbocycles. The van der Waals surface area contributed by atoms with Crippen LogP contribution in [0.4, 0.5) is 4.39 Å². The summed E-state index contributed by atoms with van der Waals surface area (Å²) in [5.41, 5.74) is 0.713. The molecule has 0 heterocycles. The molecule has 0 N–H and O–H groups in total. The molecule has 3 heteroatoms. The molecule has 1 fully saturated rings. The van der Waals surface area contributed by atoms with Crippen molar-refractivity contribution < 1.29 is 4.39 Å². The Morgan fingerprint density at radius 1 is 1.35 bits per heavy atom. The standard InChI is InChI=1S/C17H23FN2/c1-3-13-8-9-14(11-19)17(10-13)20(2)12-15-6-4-5-7-16(15)18/h4-7,13-14,17H,3,8-10,12H2,1-2H3. The van der Waals surface area contributed by atoms with Crippen molar-refractivity contribution in [3.63, 3.8) is 0 Å². The minimum absolute atomic E-state index is 0.0783. The van der Waals surface area contributed by atoms with Gasteiger partial charge in [-0.25, -0.2) is 4.39 Å². The summed E-state index contributed by atoms with van der Waals surface area (Å²) < 4.78 is 13.7. The van der Waals surface area contributed by atoms with Gasteiger partial charge in [-0.1, -0.05) is 31.5 Å². The van der Waals surface area contributed by atoms with Gasteiger partial charge in [0.2, 0.25) is 0 Å². The molecule has 1 aliphatic carbocycles. The molecule has 3 atom stereocenters. The van der Waals surface area contributed by atoms with E-state index in [2.05, 4.69) is 17.9 Å². The highest BCUT2D eigenvalue weighted by molar-refractivity contribution is 5.17. The fourth-order valence-electron chi connectivity index (χ4n) is 3.25. The first-order chi connectivity index (χ1) is 9.65. The lowest BCUT2D eigenvalue weighted by Crippen LogP contribution is -2.41. The number of benzene rings is 1. The van der Waals surface area contributed by atoms with E-state index in [9.17, 15) is 9.65 Å². The summed E-state index contributed by atoms with van der Waals surface area (Å²) in [6.07, 6.45) is 4.35. The van der Waals surface area contributed by atoms with Crippen LogP contribution in [0.25, 0.3) is 0 Å². The Bertz CT molecular complexity index is 480. The third kappa shape index (κ3) is 3.37. The monoisotopic (exact) mass is 274 g/mol. The summed E-state index contributed by atoms with van der Waals surface area (Å²) >= 11 is 0. The minimum atomic E-state index is -0.157. The largest absolute Gasteiger partial charge is 0.298 e. The number of hydrogen-bond donors (Lipinski definition) is 0. The van der Waals surface area contributed by atoms with Crippen molar-refractivity contribution in [2.24, 2.45) is 11.8 Å². The Morgan fingerprint density at radius 2 is 2.10 bits per heavy atom. The van der Waals surface area contributed by atoms with Crippen molar-refractivity contribution in [3.8, 4) is 6.07 Å². The van der Waals surface area contributed by atoms with E-state index >= 15 is 0 Å². The molecule has 20 heavy (non-hydrogen) atoms. The second-order valence-electron chi connectivity index (χ2n) is 5.90. The second-order valence-corrected chi connectivity index (χ2v) is 5.90. The molecule has 1 aromatic carbocycles. The van der Waals surface area contributed by atoms with Crippen molar-refractivity contribution >= 4 is 0 Å². The van der Waals surface area contributed by atoms with E-state index in [1.807, 2.05) is 19.2 Å². The van der Waals surface area contributed by atoms with E-state index in [0.717, 1.165) is 19.3 Å². The van der Waals surface area contributed by atoms with Crippen LogP contribution < -0.4 is 0 Å². The predicted molar refractivity (Wildman–Crippen MR) is 78.4 cm³/mol. The average Bonchev–Trinajstić information content (AvgIpc) is 2.48. The normalized spacial score (nSPS) is 26.4. The van der Waals surface area contributed by atoms with Crippen molar-refractivity contribution in [2.75, 3.05) is 7.05 Å². The quantitative estimate of drug-likeness (QED) is 0.830. The fourth-order valence-corrected chi connectivity index (χ4v) is 3.25. The van der Waals surface area contributed by atoms with Gasteiger partial charge < -0.3 is 0 Å². The highest BCUT2D eigenvalue weighted by Gasteiger charge is 2.32. The van der Waals surface area contributed by atoms with Gasteiger partial charge in [-0.3, -0.25) is 4.90 Å². The van der Waals surface area contributed by atoms with Gasteiger partial charge in [0.05, 0.1) is 12.0 Å². The van der Waals surface area contributed by atoms with Crippen LogP contribution in [-0.4, -0.2) is 18.0 Å². The average molecular weight is 274 g/mol. The SMILES string of the molecule is CCC1CCC(C#N)C(N(C)Cc2ccccc2F)C1. The minimum Gasteiger partial charge on any atom is -0.298 e. The van der Waals surface area contributed by atoms with Crippen LogP contribution in [0.3, 0.4) is 0 Å². The third-order valence-corrected chi connectivity index (χ3v) is 4.61. The molecule has 0 radical (unpaired) electrons. The van der Waals surface area contributed by atoms with E-state index in [4.69, 9.17) is 0 Å². The van der Waals surface area contributed by atoms with Crippen LogP contribution in [0.5, 0.6) is 0 Å². The Hall–Kier alpha value is -1.40. The summed E-state index contributed by atoms with van der Waals surface area (Å²) in [5.74, 6) is 0.623. The Kier molecular flexibility index (Phi) is 5.14. The summed E-state index contributed by atoms with van der Waals surface area (Å²) in [7, 11) is 2.01. The van der Waals surface area contributed by atoms with E-state index in [0.29, 0.717) is 18.0 Å². The molecule has 2 nitrogen and oxygen atoms in total.